The van der Waals surface area contributed by atoms with Gasteiger partial charge in [-0.3, -0.25) is 9.89 Å². The van der Waals surface area contributed by atoms with E-state index in [2.05, 4.69) is 15.5 Å². The maximum absolute atomic E-state index is 12.3. The number of nitrogens with one attached hydrogen (secondary N) is 2. The van der Waals surface area contributed by atoms with E-state index in [0.29, 0.717) is 5.82 Å². The molecule has 0 aliphatic rings. The van der Waals surface area contributed by atoms with Gasteiger partial charge in [0.25, 0.3) is 0 Å². The number of carbonyl (C=O) groups is 1. The smallest absolute Gasteiger partial charge is 0.235 e. The quantitative estimate of drug-likeness (QED) is 0.870. The van der Waals surface area contributed by atoms with E-state index < -0.39 is 5.41 Å². The van der Waals surface area contributed by atoms with Crippen LogP contribution in [0.3, 0.4) is 0 Å². The first kappa shape index (κ1) is 12.4. The molecular weight excluding hydrogens is 226 g/mol. The SMILES string of the molecule is Cc1cn[nH]c1NC(=O)C(C)(C)c1ccccc1. The van der Waals surface area contributed by atoms with E-state index in [1.165, 1.54) is 0 Å². The van der Waals surface area contributed by atoms with Crippen LogP contribution in [0.25, 0.3) is 0 Å². The maximum Gasteiger partial charge on any atom is 0.235 e. The van der Waals surface area contributed by atoms with E-state index in [1.807, 2.05) is 51.1 Å². The van der Waals surface area contributed by atoms with Gasteiger partial charge in [0, 0.05) is 5.56 Å². The normalized spacial score (nSPS) is 11.3. The molecule has 0 saturated carbocycles. The lowest BCUT2D eigenvalue weighted by Gasteiger charge is -2.23. The first-order valence-corrected chi connectivity index (χ1v) is 5.89. The Morgan fingerprint density at radius 3 is 2.50 bits per heavy atom. The third-order valence-electron chi connectivity index (χ3n) is 3.13. The molecule has 2 aromatic rings. The molecule has 2 N–H and O–H groups in total. The Morgan fingerprint density at radius 1 is 1.28 bits per heavy atom. The van der Waals surface area contributed by atoms with Crippen molar-refractivity contribution in [3.63, 3.8) is 0 Å². The van der Waals surface area contributed by atoms with E-state index in [1.54, 1.807) is 6.20 Å². The van der Waals surface area contributed by atoms with Gasteiger partial charge in [0.2, 0.25) is 5.91 Å². The molecule has 18 heavy (non-hydrogen) atoms. The van der Waals surface area contributed by atoms with Crippen LogP contribution in [0.1, 0.15) is 25.0 Å². The Kier molecular flexibility index (Phi) is 3.19. The van der Waals surface area contributed by atoms with Gasteiger partial charge in [-0.1, -0.05) is 30.3 Å². The highest BCUT2D eigenvalue weighted by atomic mass is 16.2. The van der Waals surface area contributed by atoms with Crippen LogP contribution in [0.2, 0.25) is 0 Å². The molecule has 0 bridgehead atoms. The molecule has 1 heterocycles. The topological polar surface area (TPSA) is 57.8 Å². The number of rotatable bonds is 3. The van der Waals surface area contributed by atoms with Crippen LogP contribution in [0, 0.1) is 6.92 Å². The second-order valence-electron chi connectivity index (χ2n) is 4.87. The lowest BCUT2D eigenvalue weighted by Crippen LogP contribution is -2.35. The summed E-state index contributed by atoms with van der Waals surface area (Å²) in [4.78, 5) is 12.3. The van der Waals surface area contributed by atoms with Crippen LogP contribution in [-0.4, -0.2) is 16.1 Å². The van der Waals surface area contributed by atoms with Gasteiger partial charge in [-0.15, -0.1) is 0 Å². The van der Waals surface area contributed by atoms with Crippen molar-refractivity contribution in [2.75, 3.05) is 5.32 Å². The lowest BCUT2D eigenvalue weighted by molar-refractivity contribution is -0.120. The maximum atomic E-state index is 12.3. The van der Waals surface area contributed by atoms with E-state index in [9.17, 15) is 4.79 Å². The molecule has 0 aliphatic carbocycles. The van der Waals surface area contributed by atoms with Gasteiger partial charge in [-0.25, -0.2) is 0 Å². The van der Waals surface area contributed by atoms with Gasteiger partial charge in [0.1, 0.15) is 5.82 Å². The summed E-state index contributed by atoms with van der Waals surface area (Å²) in [5.41, 5.74) is 1.32. The van der Waals surface area contributed by atoms with Crippen molar-refractivity contribution in [3.8, 4) is 0 Å². The summed E-state index contributed by atoms with van der Waals surface area (Å²) in [7, 11) is 0. The fourth-order valence-corrected chi connectivity index (χ4v) is 1.73. The average Bonchev–Trinajstić information content (AvgIpc) is 2.76. The average molecular weight is 243 g/mol. The third-order valence-corrected chi connectivity index (χ3v) is 3.13. The van der Waals surface area contributed by atoms with Crippen molar-refractivity contribution in [3.05, 3.63) is 47.7 Å². The Balaban J connectivity index is 2.21. The van der Waals surface area contributed by atoms with Gasteiger partial charge in [-0.2, -0.15) is 5.10 Å². The summed E-state index contributed by atoms with van der Waals surface area (Å²) in [6, 6.07) is 9.73. The Hall–Kier alpha value is -2.10. The number of aryl methyl sites for hydroxylation is 1. The zero-order chi connectivity index (χ0) is 13.2. The first-order valence-electron chi connectivity index (χ1n) is 5.89. The van der Waals surface area contributed by atoms with E-state index in [-0.39, 0.29) is 5.91 Å². The molecule has 0 fully saturated rings. The van der Waals surface area contributed by atoms with Crippen LogP contribution >= 0.6 is 0 Å². The number of hydrogen-bond donors (Lipinski definition) is 2. The van der Waals surface area contributed by atoms with E-state index in [4.69, 9.17) is 0 Å². The molecule has 0 radical (unpaired) electrons. The fourth-order valence-electron chi connectivity index (χ4n) is 1.73. The largest absolute Gasteiger partial charge is 0.310 e. The van der Waals surface area contributed by atoms with Crippen molar-refractivity contribution in [2.45, 2.75) is 26.2 Å². The zero-order valence-electron chi connectivity index (χ0n) is 10.8. The second kappa shape index (κ2) is 4.64. The number of hydrogen-bond acceptors (Lipinski definition) is 2. The van der Waals surface area contributed by atoms with Gasteiger partial charge in [-0.05, 0) is 26.3 Å². The number of benzene rings is 1. The highest BCUT2D eigenvalue weighted by molar-refractivity contribution is 5.98. The van der Waals surface area contributed by atoms with Gasteiger partial charge < -0.3 is 5.32 Å². The minimum absolute atomic E-state index is 0.0546. The number of aromatic nitrogens is 2. The highest BCUT2D eigenvalue weighted by Crippen LogP contribution is 2.24. The molecule has 0 atom stereocenters. The Bertz CT molecular complexity index is 543. The highest BCUT2D eigenvalue weighted by Gasteiger charge is 2.30. The molecule has 1 aromatic carbocycles. The van der Waals surface area contributed by atoms with Crippen molar-refractivity contribution >= 4 is 11.7 Å². The molecular formula is C14H17N3O. The Morgan fingerprint density at radius 2 is 1.94 bits per heavy atom. The summed E-state index contributed by atoms with van der Waals surface area (Å²) in [6.07, 6.45) is 1.69. The van der Waals surface area contributed by atoms with Crippen molar-refractivity contribution in [2.24, 2.45) is 0 Å². The molecule has 4 nitrogen and oxygen atoms in total. The van der Waals surface area contributed by atoms with Crippen LogP contribution in [-0.2, 0) is 10.2 Å². The first-order chi connectivity index (χ1) is 8.51. The van der Waals surface area contributed by atoms with E-state index >= 15 is 0 Å². The van der Waals surface area contributed by atoms with Gasteiger partial charge in [0.05, 0.1) is 11.6 Å². The van der Waals surface area contributed by atoms with Crippen LogP contribution in [0.5, 0.6) is 0 Å². The molecule has 1 amide bonds. The predicted molar refractivity (Wildman–Crippen MR) is 71.4 cm³/mol. The number of carbonyl (C=O) groups excluding carboxylic acids is 1. The number of aromatic amines is 1. The fraction of sp³-hybridized carbons (Fsp3) is 0.286. The molecule has 0 spiro atoms. The monoisotopic (exact) mass is 243 g/mol. The second-order valence-corrected chi connectivity index (χ2v) is 4.87. The molecule has 0 aliphatic heterocycles. The minimum Gasteiger partial charge on any atom is -0.310 e. The molecule has 2 rings (SSSR count). The third kappa shape index (κ3) is 2.27. The number of anilines is 1. The van der Waals surface area contributed by atoms with Crippen LogP contribution < -0.4 is 5.32 Å². The number of nitrogens with zero attached hydrogens (tertiary/aromatic N) is 1. The zero-order valence-corrected chi connectivity index (χ0v) is 10.8. The summed E-state index contributed by atoms with van der Waals surface area (Å²) in [5.74, 6) is 0.602. The summed E-state index contributed by atoms with van der Waals surface area (Å²) in [5, 5.41) is 9.54. The predicted octanol–water partition coefficient (Wildman–Crippen LogP) is 2.63. The number of amides is 1. The lowest BCUT2D eigenvalue weighted by atomic mass is 9.84. The van der Waals surface area contributed by atoms with Crippen LogP contribution in [0.15, 0.2) is 36.5 Å². The van der Waals surface area contributed by atoms with Crippen molar-refractivity contribution in [1.29, 1.82) is 0 Å². The molecule has 0 saturated heterocycles. The number of H-pyrrole nitrogens is 1. The minimum atomic E-state index is -0.585. The standard InChI is InChI=1S/C14H17N3O/c1-10-9-15-17-12(10)16-13(18)14(2,3)11-7-5-4-6-8-11/h4-9H,1-3H3,(H2,15,16,17,18). The summed E-state index contributed by atoms with van der Waals surface area (Å²) >= 11 is 0. The Labute approximate surface area is 106 Å². The molecule has 1 aromatic heterocycles. The van der Waals surface area contributed by atoms with Crippen LogP contribution in [0.4, 0.5) is 5.82 Å². The van der Waals surface area contributed by atoms with Crippen molar-refractivity contribution in [1.82, 2.24) is 10.2 Å². The summed E-state index contributed by atoms with van der Waals surface area (Å²) < 4.78 is 0. The summed E-state index contributed by atoms with van der Waals surface area (Å²) in [6.45, 7) is 5.71. The molecule has 94 valence electrons. The molecule has 0 unspecified atom stereocenters. The molecule has 4 heteroatoms. The van der Waals surface area contributed by atoms with Gasteiger partial charge >= 0.3 is 0 Å². The van der Waals surface area contributed by atoms with E-state index in [0.717, 1.165) is 11.1 Å². The van der Waals surface area contributed by atoms with Gasteiger partial charge in [0.15, 0.2) is 0 Å². The van der Waals surface area contributed by atoms with Crippen molar-refractivity contribution < 1.29 is 4.79 Å².